The Balaban J connectivity index is 1.68. The van der Waals surface area contributed by atoms with E-state index in [0.717, 1.165) is 59.0 Å². The van der Waals surface area contributed by atoms with E-state index in [9.17, 15) is 4.79 Å². The standard InChI is InChI=1S/C28H35N7O3/c1-19(2)30-9-6-10-35(22-11-23(37-4)14-24(12-22)38-5)21-7-8-25-26(13-21)33-27(16-31-25)20-15-32-34(17-20)18-28(36)29-3/h7-8,11-17,19,30H,6,9-10,18H2,1-5H3,(H,29,36). The van der Waals surface area contributed by atoms with Crippen LogP contribution >= 0.6 is 0 Å². The van der Waals surface area contributed by atoms with Crippen molar-refractivity contribution in [1.29, 1.82) is 0 Å². The van der Waals surface area contributed by atoms with Gasteiger partial charge in [0.25, 0.3) is 0 Å². The number of nitrogens with zero attached hydrogens (tertiary/aromatic N) is 5. The Hall–Kier alpha value is -4.18. The van der Waals surface area contributed by atoms with Crippen LogP contribution in [0, 0.1) is 0 Å². The van der Waals surface area contributed by atoms with E-state index in [1.165, 1.54) is 0 Å². The molecule has 4 aromatic rings. The first-order valence-corrected chi connectivity index (χ1v) is 12.6. The third-order valence-electron chi connectivity index (χ3n) is 6.11. The molecule has 10 heteroatoms. The summed E-state index contributed by atoms with van der Waals surface area (Å²) < 4.78 is 12.7. The Morgan fingerprint density at radius 3 is 2.47 bits per heavy atom. The number of ether oxygens (including phenoxy) is 2. The molecule has 0 aliphatic heterocycles. The van der Waals surface area contributed by atoms with Gasteiger partial charge in [0.15, 0.2) is 0 Å². The normalized spacial score (nSPS) is 11.1. The van der Waals surface area contributed by atoms with Gasteiger partial charge in [-0.05, 0) is 31.2 Å². The monoisotopic (exact) mass is 517 g/mol. The molecule has 0 spiro atoms. The summed E-state index contributed by atoms with van der Waals surface area (Å²) in [6, 6.07) is 12.4. The molecule has 2 aromatic carbocycles. The van der Waals surface area contributed by atoms with E-state index >= 15 is 0 Å². The van der Waals surface area contributed by atoms with Crippen LogP contribution in [0.25, 0.3) is 22.3 Å². The zero-order chi connectivity index (χ0) is 27.1. The van der Waals surface area contributed by atoms with Crippen LogP contribution in [-0.4, -0.2) is 66.1 Å². The van der Waals surface area contributed by atoms with Crippen molar-refractivity contribution in [1.82, 2.24) is 30.4 Å². The lowest BCUT2D eigenvalue weighted by molar-refractivity contribution is -0.121. The van der Waals surface area contributed by atoms with E-state index in [2.05, 4.69) is 45.5 Å². The quantitative estimate of drug-likeness (QED) is 0.274. The fraction of sp³-hybridized carbons (Fsp3) is 0.357. The average molecular weight is 518 g/mol. The Kier molecular flexibility index (Phi) is 8.75. The van der Waals surface area contributed by atoms with Crippen molar-refractivity contribution in [3.8, 4) is 22.8 Å². The van der Waals surface area contributed by atoms with Crippen LogP contribution in [0.2, 0.25) is 0 Å². The Bertz CT molecular complexity index is 1360. The Morgan fingerprint density at radius 2 is 1.79 bits per heavy atom. The highest BCUT2D eigenvalue weighted by atomic mass is 16.5. The first-order valence-electron chi connectivity index (χ1n) is 12.6. The number of anilines is 2. The number of methoxy groups -OCH3 is 2. The number of nitrogens with one attached hydrogen (secondary N) is 2. The predicted molar refractivity (Wildman–Crippen MR) is 149 cm³/mol. The molecule has 0 atom stereocenters. The highest BCUT2D eigenvalue weighted by Crippen LogP contribution is 2.34. The molecule has 0 aliphatic rings. The third kappa shape index (κ3) is 6.57. The number of hydrogen-bond donors (Lipinski definition) is 2. The number of carbonyl (C=O) groups excluding carboxylic acids is 1. The highest BCUT2D eigenvalue weighted by Gasteiger charge is 2.15. The van der Waals surface area contributed by atoms with Gasteiger partial charge in [0.05, 0.1) is 43.3 Å². The lowest BCUT2D eigenvalue weighted by Gasteiger charge is -2.26. The maximum Gasteiger partial charge on any atom is 0.241 e. The first-order chi connectivity index (χ1) is 18.4. The molecule has 0 saturated carbocycles. The van der Waals surface area contributed by atoms with Crippen molar-refractivity contribution in [2.45, 2.75) is 32.9 Å². The van der Waals surface area contributed by atoms with Crippen LogP contribution in [0.1, 0.15) is 20.3 Å². The molecule has 0 bridgehead atoms. The molecule has 0 saturated heterocycles. The number of likely N-dealkylation sites (N-methyl/N-ethyl adjacent to an activating group) is 1. The van der Waals surface area contributed by atoms with E-state index in [0.29, 0.717) is 11.7 Å². The van der Waals surface area contributed by atoms with Gasteiger partial charge in [-0.2, -0.15) is 5.10 Å². The van der Waals surface area contributed by atoms with Gasteiger partial charge in [-0.25, -0.2) is 4.98 Å². The highest BCUT2D eigenvalue weighted by molar-refractivity contribution is 5.83. The maximum atomic E-state index is 11.7. The molecule has 0 radical (unpaired) electrons. The second-order valence-electron chi connectivity index (χ2n) is 9.21. The van der Waals surface area contributed by atoms with Crippen LogP contribution in [0.4, 0.5) is 11.4 Å². The van der Waals surface area contributed by atoms with Crippen molar-refractivity contribution in [2.75, 3.05) is 39.3 Å². The van der Waals surface area contributed by atoms with E-state index in [-0.39, 0.29) is 12.5 Å². The summed E-state index contributed by atoms with van der Waals surface area (Å²) in [4.78, 5) is 23.4. The first kappa shape index (κ1) is 26.9. The summed E-state index contributed by atoms with van der Waals surface area (Å²) in [6.45, 7) is 6.11. The molecule has 4 rings (SSSR count). The zero-order valence-corrected chi connectivity index (χ0v) is 22.6. The summed E-state index contributed by atoms with van der Waals surface area (Å²) >= 11 is 0. The van der Waals surface area contributed by atoms with Gasteiger partial charge in [0, 0.05) is 61.0 Å². The van der Waals surface area contributed by atoms with Gasteiger partial charge in [-0.3, -0.25) is 14.5 Å². The fourth-order valence-corrected chi connectivity index (χ4v) is 4.10. The Labute approximate surface area is 223 Å². The summed E-state index contributed by atoms with van der Waals surface area (Å²) in [5.41, 5.74) is 4.99. The second-order valence-corrected chi connectivity index (χ2v) is 9.21. The van der Waals surface area contributed by atoms with Gasteiger partial charge in [0.2, 0.25) is 5.91 Å². The van der Waals surface area contributed by atoms with Crippen molar-refractivity contribution in [2.24, 2.45) is 0 Å². The largest absolute Gasteiger partial charge is 0.497 e. The minimum atomic E-state index is -0.119. The molecule has 2 heterocycles. The van der Waals surface area contributed by atoms with Gasteiger partial charge in [-0.1, -0.05) is 13.8 Å². The summed E-state index contributed by atoms with van der Waals surface area (Å²) in [6.07, 6.45) is 6.15. The van der Waals surface area contributed by atoms with Crippen LogP contribution in [0.3, 0.4) is 0 Å². The fourth-order valence-electron chi connectivity index (χ4n) is 4.10. The average Bonchev–Trinajstić information content (AvgIpc) is 3.40. The SMILES string of the molecule is CNC(=O)Cn1cc(-c2cnc3ccc(N(CCCNC(C)C)c4cc(OC)cc(OC)c4)cc3n2)cn1. The van der Waals surface area contributed by atoms with Gasteiger partial charge >= 0.3 is 0 Å². The molecule has 38 heavy (non-hydrogen) atoms. The number of carbonyl (C=O) groups is 1. The van der Waals surface area contributed by atoms with Crippen LogP contribution in [0.15, 0.2) is 55.0 Å². The number of hydrogen-bond acceptors (Lipinski definition) is 8. The van der Waals surface area contributed by atoms with Crippen molar-refractivity contribution in [3.05, 3.63) is 55.0 Å². The number of amides is 1. The predicted octanol–water partition coefficient (Wildman–Crippen LogP) is 3.78. The molecule has 200 valence electrons. The van der Waals surface area contributed by atoms with Crippen LogP contribution in [-0.2, 0) is 11.3 Å². The second kappa shape index (κ2) is 12.4. The minimum Gasteiger partial charge on any atom is -0.497 e. The number of rotatable bonds is 12. The summed E-state index contributed by atoms with van der Waals surface area (Å²) in [5, 5.41) is 10.4. The maximum absolute atomic E-state index is 11.7. The molecule has 0 fully saturated rings. The lowest BCUT2D eigenvalue weighted by atomic mass is 10.1. The summed E-state index contributed by atoms with van der Waals surface area (Å²) in [7, 11) is 4.91. The topological polar surface area (TPSA) is 106 Å². The van der Waals surface area contributed by atoms with Crippen LogP contribution < -0.4 is 25.0 Å². The lowest BCUT2D eigenvalue weighted by Crippen LogP contribution is -2.27. The van der Waals surface area contributed by atoms with E-state index in [4.69, 9.17) is 14.5 Å². The van der Waals surface area contributed by atoms with Gasteiger partial charge in [0.1, 0.15) is 18.0 Å². The number of fused-ring (bicyclic) bond motifs is 1. The molecule has 2 aromatic heterocycles. The van der Waals surface area contributed by atoms with Crippen molar-refractivity contribution >= 4 is 28.3 Å². The number of aromatic nitrogens is 4. The minimum absolute atomic E-state index is 0.119. The molecule has 10 nitrogen and oxygen atoms in total. The van der Waals surface area contributed by atoms with Gasteiger partial charge in [-0.15, -0.1) is 0 Å². The zero-order valence-electron chi connectivity index (χ0n) is 22.6. The van der Waals surface area contributed by atoms with E-state index in [1.807, 2.05) is 30.3 Å². The molecule has 0 unspecified atom stereocenters. The number of benzene rings is 2. The van der Waals surface area contributed by atoms with Crippen LogP contribution in [0.5, 0.6) is 11.5 Å². The van der Waals surface area contributed by atoms with Gasteiger partial charge < -0.3 is 25.0 Å². The van der Waals surface area contributed by atoms with E-state index < -0.39 is 0 Å². The molecular weight excluding hydrogens is 482 g/mol. The third-order valence-corrected chi connectivity index (χ3v) is 6.11. The van der Waals surface area contributed by atoms with Crippen molar-refractivity contribution in [3.63, 3.8) is 0 Å². The molecule has 2 N–H and O–H groups in total. The Morgan fingerprint density at radius 1 is 1.03 bits per heavy atom. The molecule has 1 amide bonds. The molecular formula is C28H35N7O3. The summed E-state index contributed by atoms with van der Waals surface area (Å²) in [5.74, 6) is 1.33. The van der Waals surface area contributed by atoms with Crippen molar-refractivity contribution < 1.29 is 14.3 Å². The molecule has 0 aliphatic carbocycles. The van der Waals surface area contributed by atoms with E-state index in [1.54, 1.807) is 44.5 Å². The smallest absolute Gasteiger partial charge is 0.241 e.